The molecule has 30 heavy (non-hydrogen) atoms. The highest BCUT2D eigenvalue weighted by Crippen LogP contribution is 2.29. The van der Waals surface area contributed by atoms with Gasteiger partial charge in [-0.2, -0.15) is 0 Å². The maximum absolute atomic E-state index is 5.27. The average Bonchev–Trinajstić information content (AvgIpc) is 2.75. The first-order valence-electron chi connectivity index (χ1n) is 11.4. The van der Waals surface area contributed by atoms with E-state index in [0.29, 0.717) is 24.4 Å². The summed E-state index contributed by atoms with van der Waals surface area (Å²) in [5.41, 5.74) is 5.68. The Morgan fingerprint density at radius 2 is 1.03 bits per heavy atom. The number of benzene rings is 3. The summed E-state index contributed by atoms with van der Waals surface area (Å²) in [5.74, 6) is 1.83. The van der Waals surface area contributed by atoms with Crippen molar-refractivity contribution >= 4 is 10.8 Å². The van der Waals surface area contributed by atoms with Gasteiger partial charge in [-0.25, -0.2) is 0 Å². The van der Waals surface area contributed by atoms with Crippen LogP contribution in [0.15, 0.2) is 60.7 Å². The molecule has 0 aliphatic carbocycles. The standard InChI is InChI=1S/C15H18O.C12H18.C2H6/c1-11(2)14-9-5-7-12-6-4-8-13(10-16-3)15(12)14;1-9(2)11-7-5-6-8-12(11)10(3)4;1-2/h4-9,11H,10H2,1-3H3;5-10H,1-4H3;1-2H3. The largest absolute Gasteiger partial charge is 0.380 e. The predicted octanol–water partition coefficient (Wildman–Crippen LogP) is 9.07. The van der Waals surface area contributed by atoms with Crippen LogP contribution in [0, 0.1) is 0 Å². The van der Waals surface area contributed by atoms with E-state index in [0.717, 1.165) is 0 Å². The second-order valence-electron chi connectivity index (χ2n) is 8.39. The Morgan fingerprint density at radius 1 is 0.600 bits per heavy atom. The van der Waals surface area contributed by atoms with Crippen molar-refractivity contribution in [1.82, 2.24) is 0 Å². The van der Waals surface area contributed by atoms with E-state index >= 15 is 0 Å². The van der Waals surface area contributed by atoms with Crippen LogP contribution in [0.4, 0.5) is 0 Å². The molecule has 0 saturated heterocycles. The molecule has 0 aliphatic heterocycles. The van der Waals surface area contributed by atoms with E-state index in [1.807, 2.05) is 13.8 Å². The molecular formula is C29H42O. The predicted molar refractivity (Wildman–Crippen MR) is 135 cm³/mol. The van der Waals surface area contributed by atoms with Gasteiger partial charge in [-0.05, 0) is 50.8 Å². The third kappa shape index (κ3) is 6.99. The van der Waals surface area contributed by atoms with Crippen LogP contribution in [-0.2, 0) is 11.3 Å². The molecular weight excluding hydrogens is 364 g/mol. The number of methoxy groups -OCH3 is 1. The van der Waals surface area contributed by atoms with E-state index in [-0.39, 0.29) is 0 Å². The second-order valence-corrected chi connectivity index (χ2v) is 8.39. The first-order valence-corrected chi connectivity index (χ1v) is 11.4. The Balaban J connectivity index is 0.000000287. The molecule has 0 radical (unpaired) electrons. The first-order chi connectivity index (χ1) is 14.4. The molecule has 0 heterocycles. The van der Waals surface area contributed by atoms with Gasteiger partial charge in [0.1, 0.15) is 0 Å². The van der Waals surface area contributed by atoms with Crippen molar-refractivity contribution in [2.24, 2.45) is 0 Å². The van der Waals surface area contributed by atoms with Crippen LogP contribution < -0.4 is 0 Å². The maximum Gasteiger partial charge on any atom is 0.0719 e. The summed E-state index contributed by atoms with van der Waals surface area (Å²) < 4.78 is 5.27. The molecule has 0 N–H and O–H groups in total. The fourth-order valence-electron chi connectivity index (χ4n) is 3.77. The fourth-order valence-corrected chi connectivity index (χ4v) is 3.77. The zero-order valence-electron chi connectivity index (χ0n) is 20.6. The summed E-state index contributed by atoms with van der Waals surface area (Å²) in [7, 11) is 1.75. The molecule has 0 atom stereocenters. The molecule has 0 bridgehead atoms. The zero-order valence-corrected chi connectivity index (χ0v) is 20.6. The minimum atomic E-state index is 0.543. The molecule has 0 fully saturated rings. The van der Waals surface area contributed by atoms with Crippen molar-refractivity contribution in [2.75, 3.05) is 7.11 Å². The van der Waals surface area contributed by atoms with Crippen molar-refractivity contribution in [1.29, 1.82) is 0 Å². The topological polar surface area (TPSA) is 9.23 Å². The van der Waals surface area contributed by atoms with Crippen molar-refractivity contribution in [3.8, 4) is 0 Å². The molecule has 3 rings (SSSR count). The summed E-state index contributed by atoms with van der Waals surface area (Å²) in [4.78, 5) is 0. The Kier molecular flexibility index (Phi) is 11.4. The van der Waals surface area contributed by atoms with Crippen molar-refractivity contribution < 1.29 is 4.74 Å². The number of hydrogen-bond acceptors (Lipinski definition) is 1. The highest BCUT2D eigenvalue weighted by atomic mass is 16.5. The van der Waals surface area contributed by atoms with Gasteiger partial charge in [0.25, 0.3) is 0 Å². The highest BCUT2D eigenvalue weighted by molar-refractivity contribution is 5.89. The molecule has 3 aromatic rings. The Morgan fingerprint density at radius 3 is 1.47 bits per heavy atom. The molecule has 1 heteroatoms. The van der Waals surface area contributed by atoms with Crippen LogP contribution >= 0.6 is 0 Å². The van der Waals surface area contributed by atoms with Crippen LogP contribution in [0.5, 0.6) is 0 Å². The van der Waals surface area contributed by atoms with Gasteiger partial charge in [0.2, 0.25) is 0 Å². The van der Waals surface area contributed by atoms with E-state index in [4.69, 9.17) is 4.74 Å². The first kappa shape index (κ1) is 25.9. The summed E-state index contributed by atoms with van der Waals surface area (Å²) in [6, 6.07) is 21.7. The molecule has 0 spiro atoms. The van der Waals surface area contributed by atoms with Gasteiger partial charge >= 0.3 is 0 Å². The molecule has 0 unspecified atom stereocenters. The van der Waals surface area contributed by atoms with Gasteiger partial charge < -0.3 is 4.74 Å². The second kappa shape index (κ2) is 13.2. The molecule has 0 amide bonds. The van der Waals surface area contributed by atoms with E-state index in [1.54, 1.807) is 7.11 Å². The summed E-state index contributed by atoms with van der Waals surface area (Å²) in [6.07, 6.45) is 0. The summed E-state index contributed by atoms with van der Waals surface area (Å²) >= 11 is 0. The van der Waals surface area contributed by atoms with E-state index < -0.39 is 0 Å². The van der Waals surface area contributed by atoms with Crippen LogP contribution in [0.3, 0.4) is 0 Å². The third-order valence-electron chi connectivity index (χ3n) is 5.19. The van der Waals surface area contributed by atoms with E-state index in [9.17, 15) is 0 Å². The lowest BCUT2D eigenvalue weighted by Crippen LogP contribution is -1.97. The lowest BCUT2D eigenvalue weighted by molar-refractivity contribution is 0.186. The quantitative estimate of drug-likeness (QED) is 0.410. The highest BCUT2D eigenvalue weighted by Gasteiger charge is 2.09. The normalized spacial score (nSPS) is 10.7. The minimum Gasteiger partial charge on any atom is -0.380 e. The molecule has 0 aromatic heterocycles. The SMILES string of the molecule is CC.CC(C)c1ccccc1C(C)C.COCc1cccc2cccc(C(C)C)c12. The third-order valence-corrected chi connectivity index (χ3v) is 5.19. The van der Waals surface area contributed by atoms with Gasteiger partial charge in [-0.15, -0.1) is 0 Å². The van der Waals surface area contributed by atoms with Gasteiger partial charge in [0, 0.05) is 7.11 Å². The smallest absolute Gasteiger partial charge is 0.0719 e. The minimum absolute atomic E-state index is 0.543. The van der Waals surface area contributed by atoms with E-state index in [2.05, 4.69) is 102 Å². The maximum atomic E-state index is 5.27. The molecule has 1 nitrogen and oxygen atoms in total. The summed E-state index contributed by atoms with van der Waals surface area (Å²) in [5, 5.41) is 2.67. The van der Waals surface area contributed by atoms with Crippen molar-refractivity contribution in [3.05, 3.63) is 82.9 Å². The van der Waals surface area contributed by atoms with Gasteiger partial charge in [-0.1, -0.05) is 116 Å². The Hall–Kier alpha value is -2.12. The molecule has 3 aromatic carbocycles. The van der Waals surface area contributed by atoms with Crippen LogP contribution in [0.25, 0.3) is 10.8 Å². The lowest BCUT2D eigenvalue weighted by Gasteiger charge is -2.14. The molecule has 0 saturated carbocycles. The van der Waals surface area contributed by atoms with Gasteiger partial charge in [0.05, 0.1) is 6.61 Å². The van der Waals surface area contributed by atoms with Crippen molar-refractivity contribution in [3.63, 3.8) is 0 Å². The number of fused-ring (bicyclic) bond motifs is 1. The average molecular weight is 407 g/mol. The fraction of sp³-hybridized carbons (Fsp3) is 0.448. The van der Waals surface area contributed by atoms with Crippen LogP contribution in [0.2, 0.25) is 0 Å². The zero-order chi connectivity index (χ0) is 22.7. The van der Waals surface area contributed by atoms with Crippen molar-refractivity contribution in [2.45, 2.75) is 79.8 Å². The number of ether oxygens (including phenoxy) is 1. The van der Waals surface area contributed by atoms with Crippen LogP contribution in [-0.4, -0.2) is 7.11 Å². The lowest BCUT2D eigenvalue weighted by atomic mass is 9.91. The van der Waals surface area contributed by atoms with Gasteiger partial charge in [-0.3, -0.25) is 0 Å². The number of hydrogen-bond donors (Lipinski definition) is 0. The Bertz CT molecular complexity index is 842. The monoisotopic (exact) mass is 406 g/mol. The number of rotatable bonds is 5. The Labute approximate surface area is 185 Å². The summed E-state index contributed by atoms with van der Waals surface area (Å²) in [6.45, 7) is 18.2. The molecule has 164 valence electrons. The van der Waals surface area contributed by atoms with E-state index in [1.165, 1.54) is 33.0 Å². The van der Waals surface area contributed by atoms with Crippen LogP contribution in [0.1, 0.15) is 95.4 Å². The molecule has 0 aliphatic rings. The van der Waals surface area contributed by atoms with Gasteiger partial charge in [0.15, 0.2) is 0 Å².